The average molecular weight is 445 g/mol. The monoisotopic (exact) mass is 445 g/mol. The number of hydrogen-bond donors (Lipinski definition) is 0. The molecule has 1 amide bonds. The van der Waals surface area contributed by atoms with Gasteiger partial charge in [-0.3, -0.25) is 4.90 Å². The van der Waals surface area contributed by atoms with E-state index >= 15 is 0 Å². The predicted octanol–water partition coefficient (Wildman–Crippen LogP) is 4.74. The summed E-state index contributed by atoms with van der Waals surface area (Å²) in [5.41, 5.74) is 1.20. The first-order valence-electron chi connectivity index (χ1n) is 9.27. The van der Waals surface area contributed by atoms with Crippen molar-refractivity contribution in [2.75, 3.05) is 11.4 Å². The van der Waals surface area contributed by atoms with E-state index in [1.807, 2.05) is 6.92 Å². The SMILES string of the molecule is Cc1ccc(S(=O)(=O)Oc2ccccc2[C@@H]2CN(c3cc(F)cc(F)c3)C(=O)O2)cc1. The van der Waals surface area contributed by atoms with Crippen molar-refractivity contribution < 1.29 is 30.9 Å². The molecule has 31 heavy (non-hydrogen) atoms. The summed E-state index contributed by atoms with van der Waals surface area (Å²) in [4.78, 5) is 13.4. The van der Waals surface area contributed by atoms with Crippen LogP contribution < -0.4 is 9.08 Å². The Morgan fingerprint density at radius 1 is 1.00 bits per heavy atom. The van der Waals surface area contributed by atoms with Crippen molar-refractivity contribution in [3.05, 3.63) is 89.5 Å². The van der Waals surface area contributed by atoms with Crippen LogP contribution >= 0.6 is 0 Å². The minimum Gasteiger partial charge on any atom is -0.439 e. The highest BCUT2D eigenvalue weighted by Crippen LogP contribution is 2.36. The summed E-state index contributed by atoms with van der Waals surface area (Å²) in [6.45, 7) is 1.75. The fraction of sp³-hybridized carbons (Fsp3) is 0.136. The van der Waals surface area contributed by atoms with Gasteiger partial charge in [0.05, 0.1) is 12.2 Å². The third-order valence-electron chi connectivity index (χ3n) is 4.75. The molecule has 0 aliphatic carbocycles. The lowest BCUT2D eigenvalue weighted by Gasteiger charge is -2.15. The fourth-order valence-electron chi connectivity index (χ4n) is 3.22. The Morgan fingerprint density at radius 3 is 2.32 bits per heavy atom. The Morgan fingerprint density at radius 2 is 1.65 bits per heavy atom. The van der Waals surface area contributed by atoms with Gasteiger partial charge >= 0.3 is 16.2 Å². The largest absolute Gasteiger partial charge is 0.439 e. The number of nitrogens with zero attached hydrogens (tertiary/aromatic N) is 1. The first kappa shape index (κ1) is 20.8. The standard InChI is InChI=1S/C22H17F2NO5S/c1-14-6-8-18(9-7-14)31(27,28)30-20-5-3-2-4-19(20)21-13-25(22(26)29-21)17-11-15(23)10-16(24)12-17/h2-12,21H,13H2,1H3/t21-/m0/s1. The number of rotatable bonds is 5. The number of halogens is 2. The molecule has 160 valence electrons. The van der Waals surface area contributed by atoms with E-state index in [9.17, 15) is 22.0 Å². The Kier molecular flexibility index (Phi) is 5.36. The lowest BCUT2D eigenvalue weighted by Crippen LogP contribution is -2.23. The predicted molar refractivity (Wildman–Crippen MR) is 108 cm³/mol. The number of carbonyl (C=O) groups excluding carboxylic acids is 1. The van der Waals surface area contributed by atoms with Crippen LogP contribution in [-0.4, -0.2) is 21.1 Å². The summed E-state index contributed by atoms with van der Waals surface area (Å²) in [5.74, 6) is -1.67. The van der Waals surface area contributed by atoms with Crippen LogP contribution in [0.5, 0.6) is 5.75 Å². The van der Waals surface area contributed by atoms with Crippen molar-refractivity contribution in [1.82, 2.24) is 0 Å². The molecule has 1 heterocycles. The van der Waals surface area contributed by atoms with Gasteiger partial charge in [-0.1, -0.05) is 35.9 Å². The van der Waals surface area contributed by atoms with Gasteiger partial charge < -0.3 is 8.92 Å². The Balaban J connectivity index is 1.62. The quantitative estimate of drug-likeness (QED) is 0.531. The van der Waals surface area contributed by atoms with Crippen LogP contribution in [0.4, 0.5) is 19.3 Å². The van der Waals surface area contributed by atoms with E-state index in [1.165, 1.54) is 18.2 Å². The third-order valence-corrected chi connectivity index (χ3v) is 5.99. The highest BCUT2D eigenvalue weighted by Gasteiger charge is 2.36. The molecule has 0 unspecified atom stereocenters. The fourth-order valence-corrected chi connectivity index (χ4v) is 4.18. The van der Waals surface area contributed by atoms with Crippen LogP contribution in [0.2, 0.25) is 0 Å². The first-order valence-corrected chi connectivity index (χ1v) is 10.7. The number of para-hydroxylation sites is 1. The van der Waals surface area contributed by atoms with Gasteiger partial charge in [0.15, 0.2) is 6.10 Å². The van der Waals surface area contributed by atoms with E-state index in [1.54, 1.807) is 30.3 Å². The van der Waals surface area contributed by atoms with Gasteiger partial charge in [-0.25, -0.2) is 13.6 Å². The minimum atomic E-state index is -4.13. The van der Waals surface area contributed by atoms with Crippen molar-refractivity contribution in [2.24, 2.45) is 0 Å². The highest BCUT2D eigenvalue weighted by molar-refractivity contribution is 7.87. The van der Waals surface area contributed by atoms with Crippen LogP contribution in [-0.2, 0) is 14.9 Å². The molecule has 1 fully saturated rings. The Bertz CT molecular complexity index is 1220. The second-order valence-electron chi connectivity index (χ2n) is 7.00. The van der Waals surface area contributed by atoms with Crippen molar-refractivity contribution in [2.45, 2.75) is 17.9 Å². The molecule has 4 rings (SSSR count). The number of aryl methyl sites for hydroxylation is 1. The number of amides is 1. The van der Waals surface area contributed by atoms with Crippen LogP contribution in [0, 0.1) is 18.6 Å². The van der Waals surface area contributed by atoms with Crippen molar-refractivity contribution >= 4 is 21.9 Å². The van der Waals surface area contributed by atoms with Gasteiger partial charge in [-0.15, -0.1) is 0 Å². The molecule has 3 aromatic carbocycles. The topological polar surface area (TPSA) is 72.9 Å². The molecule has 0 saturated carbocycles. The number of ether oxygens (including phenoxy) is 1. The molecule has 3 aromatic rings. The molecule has 6 nitrogen and oxygen atoms in total. The number of benzene rings is 3. The van der Waals surface area contributed by atoms with Crippen molar-refractivity contribution in [3.8, 4) is 5.75 Å². The summed E-state index contributed by atoms with van der Waals surface area (Å²) >= 11 is 0. The van der Waals surface area contributed by atoms with E-state index in [0.717, 1.165) is 22.6 Å². The van der Waals surface area contributed by atoms with Gasteiger partial charge in [-0.05, 0) is 37.3 Å². The summed E-state index contributed by atoms with van der Waals surface area (Å²) in [6, 6.07) is 15.1. The summed E-state index contributed by atoms with van der Waals surface area (Å²) in [6.07, 6.45) is -1.71. The number of hydrogen-bond acceptors (Lipinski definition) is 5. The molecule has 0 N–H and O–H groups in total. The lowest BCUT2D eigenvalue weighted by molar-refractivity contribution is 0.141. The Labute approximate surface area is 177 Å². The Hall–Kier alpha value is -3.46. The number of cyclic esters (lactones) is 1. The highest BCUT2D eigenvalue weighted by atomic mass is 32.2. The van der Waals surface area contributed by atoms with Crippen molar-refractivity contribution in [3.63, 3.8) is 0 Å². The molecule has 0 radical (unpaired) electrons. The second kappa shape index (κ2) is 7.99. The smallest absolute Gasteiger partial charge is 0.415 e. The van der Waals surface area contributed by atoms with Gasteiger partial charge in [-0.2, -0.15) is 8.42 Å². The zero-order valence-electron chi connectivity index (χ0n) is 16.3. The van der Waals surface area contributed by atoms with E-state index in [-0.39, 0.29) is 22.9 Å². The molecule has 1 aliphatic rings. The maximum absolute atomic E-state index is 13.6. The van der Waals surface area contributed by atoms with Crippen LogP contribution in [0.1, 0.15) is 17.2 Å². The molecular formula is C22H17F2NO5S. The molecule has 1 saturated heterocycles. The van der Waals surface area contributed by atoms with E-state index < -0.39 is 33.9 Å². The first-order chi connectivity index (χ1) is 14.7. The average Bonchev–Trinajstić information content (AvgIpc) is 3.09. The molecule has 0 bridgehead atoms. The minimum absolute atomic E-state index is 0.00400. The summed E-state index contributed by atoms with van der Waals surface area (Å²) in [7, 11) is -4.13. The number of anilines is 1. The van der Waals surface area contributed by atoms with Gasteiger partial charge in [0.25, 0.3) is 0 Å². The molecule has 9 heteroatoms. The molecule has 1 aliphatic heterocycles. The zero-order valence-corrected chi connectivity index (χ0v) is 17.1. The van der Waals surface area contributed by atoms with E-state index in [2.05, 4.69) is 0 Å². The van der Waals surface area contributed by atoms with Gasteiger partial charge in [0.1, 0.15) is 22.3 Å². The van der Waals surface area contributed by atoms with E-state index in [4.69, 9.17) is 8.92 Å². The number of carbonyl (C=O) groups is 1. The lowest BCUT2D eigenvalue weighted by atomic mass is 10.1. The summed E-state index contributed by atoms with van der Waals surface area (Å²) < 4.78 is 63.1. The summed E-state index contributed by atoms with van der Waals surface area (Å²) in [5, 5.41) is 0. The molecule has 0 spiro atoms. The van der Waals surface area contributed by atoms with E-state index in [0.29, 0.717) is 11.6 Å². The van der Waals surface area contributed by atoms with Gasteiger partial charge in [0.2, 0.25) is 0 Å². The van der Waals surface area contributed by atoms with Crippen molar-refractivity contribution in [1.29, 1.82) is 0 Å². The molecule has 1 atom stereocenters. The molecular weight excluding hydrogens is 428 g/mol. The molecule has 0 aromatic heterocycles. The normalized spacial score (nSPS) is 16.3. The zero-order chi connectivity index (χ0) is 22.2. The second-order valence-corrected chi connectivity index (χ2v) is 8.55. The maximum atomic E-state index is 13.6. The van der Waals surface area contributed by atoms with Gasteiger partial charge in [0, 0.05) is 11.6 Å². The third kappa shape index (κ3) is 4.36. The van der Waals surface area contributed by atoms with Crippen LogP contribution in [0.15, 0.2) is 71.6 Å². The van der Waals surface area contributed by atoms with Crippen LogP contribution in [0.3, 0.4) is 0 Å². The maximum Gasteiger partial charge on any atom is 0.415 e. The van der Waals surface area contributed by atoms with Crippen LogP contribution in [0.25, 0.3) is 0 Å².